The predicted molar refractivity (Wildman–Crippen MR) is 97.1 cm³/mol. The standard InChI is InChI=1S/C19H23FN2O2.ClH/c20-14-4-5-16-13(10-24-17(16)9-14)8-18(23)22-19-11-2-1-3-12(19)7-15(21)6-11;/h4-5,9-12,15,19H,1-3,6-8,21H2,(H,22,23);1H. The van der Waals surface area contributed by atoms with Gasteiger partial charge in [-0.1, -0.05) is 6.42 Å². The molecule has 0 radical (unpaired) electrons. The van der Waals surface area contributed by atoms with Crippen LogP contribution in [0.15, 0.2) is 28.9 Å². The van der Waals surface area contributed by atoms with Crippen molar-refractivity contribution in [2.75, 3.05) is 0 Å². The van der Waals surface area contributed by atoms with Gasteiger partial charge in [-0.15, -0.1) is 12.4 Å². The lowest BCUT2D eigenvalue weighted by molar-refractivity contribution is -0.122. The van der Waals surface area contributed by atoms with E-state index in [9.17, 15) is 9.18 Å². The van der Waals surface area contributed by atoms with Crippen LogP contribution >= 0.6 is 12.4 Å². The van der Waals surface area contributed by atoms with Crippen molar-refractivity contribution in [1.29, 1.82) is 0 Å². The van der Waals surface area contributed by atoms with Crippen molar-refractivity contribution >= 4 is 29.3 Å². The van der Waals surface area contributed by atoms with Gasteiger partial charge in [0.15, 0.2) is 0 Å². The van der Waals surface area contributed by atoms with Gasteiger partial charge in [-0.25, -0.2) is 4.39 Å². The van der Waals surface area contributed by atoms with E-state index in [-0.39, 0.29) is 42.6 Å². The highest BCUT2D eigenvalue weighted by molar-refractivity contribution is 5.87. The van der Waals surface area contributed by atoms with Gasteiger partial charge in [-0.3, -0.25) is 4.79 Å². The minimum absolute atomic E-state index is 0. The van der Waals surface area contributed by atoms with Gasteiger partial charge in [0.25, 0.3) is 0 Å². The zero-order valence-electron chi connectivity index (χ0n) is 14.0. The number of benzene rings is 1. The molecule has 2 bridgehead atoms. The van der Waals surface area contributed by atoms with Crippen LogP contribution in [0.25, 0.3) is 11.0 Å². The van der Waals surface area contributed by atoms with E-state index in [1.807, 2.05) is 0 Å². The zero-order chi connectivity index (χ0) is 16.7. The van der Waals surface area contributed by atoms with Crippen LogP contribution in [0.5, 0.6) is 0 Å². The number of fused-ring (bicyclic) bond motifs is 3. The quantitative estimate of drug-likeness (QED) is 0.872. The van der Waals surface area contributed by atoms with Gasteiger partial charge in [0, 0.05) is 29.1 Å². The SMILES string of the molecule is Cl.NC1CC2CCCC(C1)C2NC(=O)Cc1coc2cc(F)ccc12. The molecule has 2 saturated carbocycles. The highest BCUT2D eigenvalue weighted by Gasteiger charge is 2.39. The molecule has 25 heavy (non-hydrogen) atoms. The molecular formula is C19H24ClFN2O2. The lowest BCUT2D eigenvalue weighted by Crippen LogP contribution is -2.54. The summed E-state index contributed by atoms with van der Waals surface area (Å²) in [5, 5.41) is 4.05. The van der Waals surface area contributed by atoms with Crippen LogP contribution in [0.3, 0.4) is 0 Å². The molecule has 2 aliphatic carbocycles. The summed E-state index contributed by atoms with van der Waals surface area (Å²) in [6.45, 7) is 0. The van der Waals surface area contributed by atoms with Crippen LogP contribution in [0.1, 0.15) is 37.7 Å². The monoisotopic (exact) mass is 366 g/mol. The molecule has 1 aromatic heterocycles. The number of halogens is 2. The minimum Gasteiger partial charge on any atom is -0.464 e. The number of rotatable bonds is 3. The first-order chi connectivity index (χ1) is 11.6. The smallest absolute Gasteiger partial charge is 0.224 e. The molecule has 0 spiro atoms. The fraction of sp³-hybridized carbons (Fsp3) is 0.526. The first-order valence-corrected chi connectivity index (χ1v) is 8.80. The van der Waals surface area contributed by atoms with E-state index in [0.717, 1.165) is 36.6 Å². The van der Waals surface area contributed by atoms with E-state index in [4.69, 9.17) is 10.2 Å². The number of furan rings is 1. The fourth-order valence-electron chi connectivity index (χ4n) is 4.63. The molecule has 2 fully saturated rings. The Kier molecular flexibility index (Phi) is 5.35. The molecule has 3 N–H and O–H groups in total. The van der Waals surface area contributed by atoms with Gasteiger partial charge in [-0.2, -0.15) is 0 Å². The maximum Gasteiger partial charge on any atom is 0.224 e. The number of nitrogens with one attached hydrogen (secondary N) is 1. The summed E-state index contributed by atoms with van der Waals surface area (Å²) in [6, 6.07) is 4.95. The van der Waals surface area contributed by atoms with Crippen molar-refractivity contribution in [2.24, 2.45) is 17.6 Å². The van der Waals surface area contributed by atoms with Crippen LogP contribution in [-0.2, 0) is 11.2 Å². The molecule has 2 atom stereocenters. The summed E-state index contributed by atoms with van der Waals surface area (Å²) < 4.78 is 18.6. The van der Waals surface area contributed by atoms with E-state index >= 15 is 0 Å². The average molecular weight is 367 g/mol. The number of hydrogen-bond acceptors (Lipinski definition) is 3. The molecule has 1 aromatic carbocycles. The predicted octanol–water partition coefficient (Wildman–Crippen LogP) is 3.56. The Morgan fingerprint density at radius 3 is 2.72 bits per heavy atom. The number of carbonyl (C=O) groups excluding carboxylic acids is 1. The van der Waals surface area contributed by atoms with E-state index in [1.165, 1.54) is 18.6 Å². The third-order valence-corrected chi connectivity index (χ3v) is 5.67. The summed E-state index contributed by atoms with van der Waals surface area (Å²) in [5.74, 6) is 0.692. The van der Waals surface area contributed by atoms with E-state index in [1.54, 1.807) is 12.3 Å². The van der Waals surface area contributed by atoms with Crippen molar-refractivity contribution in [3.8, 4) is 0 Å². The molecule has 1 amide bonds. The number of carbonyl (C=O) groups is 1. The van der Waals surface area contributed by atoms with Gasteiger partial charge in [0.2, 0.25) is 5.91 Å². The van der Waals surface area contributed by atoms with Crippen LogP contribution in [0.4, 0.5) is 4.39 Å². The largest absolute Gasteiger partial charge is 0.464 e. The molecule has 0 saturated heterocycles. The summed E-state index contributed by atoms with van der Waals surface area (Å²) in [4.78, 5) is 12.5. The maximum absolute atomic E-state index is 13.2. The van der Waals surface area contributed by atoms with Crippen LogP contribution in [0, 0.1) is 17.7 Å². The Hall–Kier alpha value is -1.59. The second-order valence-electron chi connectivity index (χ2n) is 7.35. The summed E-state index contributed by atoms with van der Waals surface area (Å²) >= 11 is 0. The van der Waals surface area contributed by atoms with Gasteiger partial charge < -0.3 is 15.5 Å². The first kappa shape index (κ1) is 18.2. The molecule has 136 valence electrons. The molecule has 2 unspecified atom stereocenters. The molecular weight excluding hydrogens is 343 g/mol. The maximum atomic E-state index is 13.2. The number of hydrogen-bond donors (Lipinski definition) is 2. The Morgan fingerprint density at radius 2 is 2.00 bits per heavy atom. The second kappa shape index (κ2) is 7.34. The normalized spacial score (nSPS) is 28.4. The number of nitrogens with two attached hydrogens (primary N) is 1. The lowest BCUT2D eigenvalue weighted by Gasteiger charge is -2.45. The van der Waals surface area contributed by atoms with Gasteiger partial charge in [0.05, 0.1) is 12.7 Å². The Bertz CT molecular complexity index is 749. The fourth-order valence-corrected chi connectivity index (χ4v) is 4.63. The molecule has 2 aliphatic rings. The lowest BCUT2D eigenvalue weighted by atomic mass is 9.67. The van der Waals surface area contributed by atoms with Gasteiger partial charge in [-0.05, 0) is 49.7 Å². The Morgan fingerprint density at radius 1 is 1.28 bits per heavy atom. The minimum atomic E-state index is -0.334. The molecule has 4 nitrogen and oxygen atoms in total. The van der Waals surface area contributed by atoms with Crippen molar-refractivity contribution in [1.82, 2.24) is 5.32 Å². The Labute approximate surface area is 152 Å². The highest BCUT2D eigenvalue weighted by atomic mass is 35.5. The van der Waals surface area contributed by atoms with Crippen molar-refractivity contribution in [3.63, 3.8) is 0 Å². The average Bonchev–Trinajstić information content (AvgIpc) is 2.90. The molecule has 0 aliphatic heterocycles. The van der Waals surface area contributed by atoms with Crippen LogP contribution in [-0.4, -0.2) is 18.0 Å². The first-order valence-electron chi connectivity index (χ1n) is 8.80. The molecule has 6 heteroatoms. The number of amides is 1. The van der Waals surface area contributed by atoms with Crippen molar-refractivity contribution < 1.29 is 13.6 Å². The molecule has 1 heterocycles. The topological polar surface area (TPSA) is 68.3 Å². The van der Waals surface area contributed by atoms with Crippen molar-refractivity contribution in [2.45, 2.75) is 50.6 Å². The van der Waals surface area contributed by atoms with E-state index in [0.29, 0.717) is 17.4 Å². The zero-order valence-corrected chi connectivity index (χ0v) is 14.9. The molecule has 2 aromatic rings. The second-order valence-corrected chi connectivity index (χ2v) is 7.35. The van der Waals surface area contributed by atoms with Crippen LogP contribution in [0.2, 0.25) is 0 Å². The third kappa shape index (κ3) is 3.67. The van der Waals surface area contributed by atoms with Crippen molar-refractivity contribution in [3.05, 3.63) is 35.8 Å². The van der Waals surface area contributed by atoms with Crippen LogP contribution < -0.4 is 11.1 Å². The van der Waals surface area contributed by atoms with E-state index in [2.05, 4.69) is 5.32 Å². The summed E-state index contributed by atoms with van der Waals surface area (Å²) in [6.07, 6.45) is 7.39. The van der Waals surface area contributed by atoms with E-state index < -0.39 is 0 Å². The summed E-state index contributed by atoms with van der Waals surface area (Å²) in [7, 11) is 0. The van der Waals surface area contributed by atoms with Gasteiger partial charge >= 0.3 is 0 Å². The molecule has 4 rings (SSSR count). The Balaban J connectivity index is 0.00000182. The third-order valence-electron chi connectivity index (χ3n) is 5.67. The van der Waals surface area contributed by atoms with Gasteiger partial charge in [0.1, 0.15) is 11.4 Å². The summed E-state index contributed by atoms with van der Waals surface area (Å²) in [5.41, 5.74) is 7.44. The highest BCUT2D eigenvalue weighted by Crippen LogP contribution is 2.39.